The fourth-order valence-corrected chi connectivity index (χ4v) is 3.10. The van der Waals surface area contributed by atoms with Crippen LogP contribution in [0.3, 0.4) is 0 Å². The maximum Gasteiger partial charge on any atom is 0.307 e. The summed E-state index contributed by atoms with van der Waals surface area (Å²) in [5, 5.41) is 8.95. The van der Waals surface area contributed by atoms with Crippen molar-refractivity contribution in [1.82, 2.24) is 4.90 Å². The van der Waals surface area contributed by atoms with Crippen molar-refractivity contribution >= 4 is 5.97 Å². The Balaban J connectivity index is 1.86. The molecule has 0 aromatic carbocycles. The largest absolute Gasteiger partial charge is 0.481 e. The molecular weight excluding hydrogens is 190 g/mol. The van der Waals surface area contributed by atoms with Crippen LogP contribution in [0.5, 0.6) is 0 Å². The van der Waals surface area contributed by atoms with Gasteiger partial charge in [-0.3, -0.25) is 9.69 Å². The Bertz CT molecular complexity index is 236. The standard InChI is InChI=1S/C12H21NO2/c1-9(10-4-2-3-5-10)13-7-6-11(8-13)12(14)15/h9-11H,2-8H2,1H3,(H,14,15). The first-order valence-corrected chi connectivity index (χ1v) is 6.15. The molecule has 0 bridgehead atoms. The van der Waals surface area contributed by atoms with Crippen molar-refractivity contribution in [3.63, 3.8) is 0 Å². The minimum atomic E-state index is -0.615. The van der Waals surface area contributed by atoms with Crippen LogP contribution in [0.4, 0.5) is 0 Å². The molecule has 1 heterocycles. The van der Waals surface area contributed by atoms with Gasteiger partial charge in [-0.25, -0.2) is 0 Å². The zero-order chi connectivity index (χ0) is 10.8. The van der Waals surface area contributed by atoms with Crippen LogP contribution >= 0.6 is 0 Å². The van der Waals surface area contributed by atoms with E-state index in [1.165, 1.54) is 25.7 Å². The Morgan fingerprint density at radius 3 is 2.53 bits per heavy atom. The van der Waals surface area contributed by atoms with E-state index in [-0.39, 0.29) is 5.92 Å². The lowest BCUT2D eigenvalue weighted by Gasteiger charge is -2.29. The number of hydrogen-bond acceptors (Lipinski definition) is 2. The lowest BCUT2D eigenvalue weighted by Crippen LogP contribution is -2.36. The number of hydrogen-bond donors (Lipinski definition) is 1. The van der Waals surface area contributed by atoms with Crippen LogP contribution in [-0.4, -0.2) is 35.1 Å². The Hall–Kier alpha value is -0.570. The van der Waals surface area contributed by atoms with Crippen molar-refractivity contribution in [1.29, 1.82) is 0 Å². The Kier molecular flexibility index (Phi) is 3.29. The Morgan fingerprint density at radius 1 is 1.33 bits per heavy atom. The van der Waals surface area contributed by atoms with Gasteiger partial charge in [-0.15, -0.1) is 0 Å². The molecule has 2 unspecified atom stereocenters. The fraction of sp³-hybridized carbons (Fsp3) is 0.917. The molecule has 86 valence electrons. The van der Waals surface area contributed by atoms with Crippen molar-refractivity contribution < 1.29 is 9.90 Å². The molecule has 2 rings (SSSR count). The van der Waals surface area contributed by atoms with E-state index in [0.29, 0.717) is 6.04 Å². The molecule has 1 aliphatic heterocycles. The maximum atomic E-state index is 10.9. The minimum absolute atomic E-state index is 0.117. The monoisotopic (exact) mass is 211 g/mol. The summed E-state index contributed by atoms with van der Waals surface area (Å²) in [6.45, 7) is 4.03. The molecule has 2 aliphatic rings. The summed E-state index contributed by atoms with van der Waals surface area (Å²) in [5.41, 5.74) is 0. The smallest absolute Gasteiger partial charge is 0.307 e. The van der Waals surface area contributed by atoms with E-state index >= 15 is 0 Å². The molecule has 3 heteroatoms. The molecule has 0 aromatic heterocycles. The highest BCUT2D eigenvalue weighted by molar-refractivity contribution is 5.70. The molecule has 1 aliphatic carbocycles. The SMILES string of the molecule is CC(C1CCCC1)N1CCC(C(=O)O)C1. The van der Waals surface area contributed by atoms with Crippen LogP contribution < -0.4 is 0 Å². The van der Waals surface area contributed by atoms with E-state index < -0.39 is 5.97 Å². The first kappa shape index (κ1) is 10.9. The lowest BCUT2D eigenvalue weighted by atomic mass is 9.98. The number of aliphatic carboxylic acids is 1. The van der Waals surface area contributed by atoms with E-state index in [2.05, 4.69) is 11.8 Å². The summed E-state index contributed by atoms with van der Waals surface area (Å²) in [4.78, 5) is 13.2. The van der Waals surface area contributed by atoms with Crippen molar-refractivity contribution in [2.45, 2.75) is 45.1 Å². The van der Waals surface area contributed by atoms with Crippen molar-refractivity contribution in [3.05, 3.63) is 0 Å². The van der Waals surface area contributed by atoms with Crippen LogP contribution in [0.15, 0.2) is 0 Å². The summed E-state index contributed by atoms with van der Waals surface area (Å²) in [5.74, 6) is 0.0857. The molecule has 0 spiro atoms. The van der Waals surface area contributed by atoms with Crippen LogP contribution in [0.2, 0.25) is 0 Å². The van der Waals surface area contributed by atoms with Crippen molar-refractivity contribution in [2.75, 3.05) is 13.1 Å². The number of likely N-dealkylation sites (tertiary alicyclic amines) is 1. The molecule has 1 saturated carbocycles. The Morgan fingerprint density at radius 2 is 2.00 bits per heavy atom. The predicted octanol–water partition coefficient (Wildman–Crippen LogP) is 1.97. The lowest BCUT2D eigenvalue weighted by molar-refractivity contribution is -0.141. The van der Waals surface area contributed by atoms with Gasteiger partial charge in [0.15, 0.2) is 0 Å². The quantitative estimate of drug-likeness (QED) is 0.776. The summed E-state index contributed by atoms with van der Waals surface area (Å²) in [6, 6.07) is 0.594. The molecule has 0 radical (unpaired) electrons. The fourth-order valence-electron chi connectivity index (χ4n) is 3.10. The molecule has 15 heavy (non-hydrogen) atoms. The van der Waals surface area contributed by atoms with Gasteiger partial charge < -0.3 is 5.11 Å². The highest BCUT2D eigenvalue weighted by Crippen LogP contribution is 2.32. The van der Waals surface area contributed by atoms with Gasteiger partial charge in [0, 0.05) is 12.6 Å². The molecule has 0 amide bonds. The van der Waals surface area contributed by atoms with Crippen LogP contribution in [-0.2, 0) is 4.79 Å². The second kappa shape index (κ2) is 4.52. The van der Waals surface area contributed by atoms with Crippen LogP contribution in [0, 0.1) is 11.8 Å². The van der Waals surface area contributed by atoms with E-state index in [0.717, 1.165) is 25.4 Å². The van der Waals surface area contributed by atoms with E-state index in [1.807, 2.05) is 0 Å². The first-order chi connectivity index (χ1) is 7.18. The average Bonchev–Trinajstić information content (AvgIpc) is 2.88. The third-order valence-corrected chi connectivity index (χ3v) is 4.23. The van der Waals surface area contributed by atoms with Gasteiger partial charge >= 0.3 is 5.97 Å². The number of carbonyl (C=O) groups is 1. The van der Waals surface area contributed by atoms with Crippen molar-refractivity contribution in [2.24, 2.45) is 11.8 Å². The number of nitrogens with zero attached hydrogens (tertiary/aromatic N) is 1. The van der Waals surface area contributed by atoms with Gasteiger partial charge in [-0.05, 0) is 38.6 Å². The van der Waals surface area contributed by atoms with Gasteiger partial charge in [0.05, 0.1) is 5.92 Å². The third kappa shape index (κ3) is 2.33. The summed E-state index contributed by atoms with van der Waals surface area (Å²) < 4.78 is 0. The van der Waals surface area contributed by atoms with Gasteiger partial charge in [0.1, 0.15) is 0 Å². The Labute approximate surface area is 91.5 Å². The molecular formula is C12H21NO2. The van der Waals surface area contributed by atoms with Crippen molar-refractivity contribution in [3.8, 4) is 0 Å². The second-order valence-electron chi connectivity index (χ2n) is 5.10. The van der Waals surface area contributed by atoms with E-state index in [9.17, 15) is 4.79 Å². The summed E-state index contributed by atoms with van der Waals surface area (Å²) in [6.07, 6.45) is 6.26. The van der Waals surface area contributed by atoms with E-state index in [1.54, 1.807) is 0 Å². The molecule has 3 nitrogen and oxygen atoms in total. The highest BCUT2D eigenvalue weighted by Gasteiger charge is 2.34. The van der Waals surface area contributed by atoms with Gasteiger partial charge in [-0.1, -0.05) is 12.8 Å². The predicted molar refractivity (Wildman–Crippen MR) is 58.7 cm³/mol. The molecule has 1 saturated heterocycles. The maximum absolute atomic E-state index is 10.9. The van der Waals surface area contributed by atoms with Gasteiger partial charge in [0.25, 0.3) is 0 Å². The van der Waals surface area contributed by atoms with Crippen LogP contribution in [0.1, 0.15) is 39.0 Å². The highest BCUT2D eigenvalue weighted by atomic mass is 16.4. The second-order valence-corrected chi connectivity index (χ2v) is 5.10. The first-order valence-electron chi connectivity index (χ1n) is 6.15. The van der Waals surface area contributed by atoms with Gasteiger partial charge in [-0.2, -0.15) is 0 Å². The zero-order valence-electron chi connectivity index (χ0n) is 9.48. The van der Waals surface area contributed by atoms with Crippen LogP contribution in [0.25, 0.3) is 0 Å². The summed E-state index contributed by atoms with van der Waals surface area (Å²) in [7, 11) is 0. The minimum Gasteiger partial charge on any atom is -0.481 e. The van der Waals surface area contributed by atoms with Gasteiger partial charge in [0.2, 0.25) is 0 Å². The average molecular weight is 211 g/mol. The third-order valence-electron chi connectivity index (χ3n) is 4.23. The molecule has 0 aromatic rings. The molecule has 2 atom stereocenters. The number of rotatable bonds is 3. The zero-order valence-corrected chi connectivity index (χ0v) is 9.48. The number of carboxylic acid groups (broad SMARTS) is 1. The topological polar surface area (TPSA) is 40.5 Å². The van der Waals surface area contributed by atoms with E-state index in [4.69, 9.17) is 5.11 Å². The summed E-state index contributed by atoms with van der Waals surface area (Å²) >= 11 is 0. The normalized spacial score (nSPS) is 30.9. The number of carboxylic acids is 1. The molecule has 1 N–H and O–H groups in total. The molecule has 2 fully saturated rings.